The minimum atomic E-state index is -0.254. The molecule has 0 saturated heterocycles. The van der Waals surface area contributed by atoms with Gasteiger partial charge in [-0.1, -0.05) is 48.5 Å². The van der Waals surface area contributed by atoms with Crippen LogP contribution in [-0.2, 0) is 13.1 Å². The van der Waals surface area contributed by atoms with Crippen LogP contribution in [0.25, 0.3) is 0 Å². The highest BCUT2D eigenvalue weighted by Gasteiger charge is 2.19. The molecule has 0 saturated carbocycles. The molecule has 1 N–H and O–H groups in total. The largest absolute Gasteiger partial charge is 0.366 e. The zero-order valence-corrected chi connectivity index (χ0v) is 16.1. The first kappa shape index (κ1) is 19.5. The lowest BCUT2D eigenvalue weighted by Crippen LogP contribution is -2.36. The van der Waals surface area contributed by atoms with Gasteiger partial charge in [0.1, 0.15) is 11.6 Å². The maximum atomic E-state index is 13.7. The van der Waals surface area contributed by atoms with Crippen molar-refractivity contribution in [2.24, 2.45) is 0 Å². The monoisotopic (exact) mass is 377 g/mol. The minimum absolute atomic E-state index is 0.0616. The lowest BCUT2D eigenvalue weighted by molar-refractivity contribution is 0.0690. The van der Waals surface area contributed by atoms with E-state index >= 15 is 0 Å². The van der Waals surface area contributed by atoms with Crippen molar-refractivity contribution in [3.8, 4) is 0 Å². The molecule has 0 aliphatic carbocycles. The van der Waals surface area contributed by atoms with Crippen molar-refractivity contribution in [2.45, 2.75) is 33.0 Å². The van der Waals surface area contributed by atoms with E-state index in [1.54, 1.807) is 36.5 Å². The predicted molar refractivity (Wildman–Crippen MR) is 109 cm³/mol. The van der Waals surface area contributed by atoms with Crippen LogP contribution in [0.3, 0.4) is 0 Å². The van der Waals surface area contributed by atoms with E-state index in [9.17, 15) is 9.18 Å². The fourth-order valence-electron chi connectivity index (χ4n) is 2.89. The first-order chi connectivity index (χ1) is 13.5. The normalized spacial score (nSPS) is 10.7. The first-order valence-electron chi connectivity index (χ1n) is 9.33. The number of amides is 1. The number of hydrogen-bond acceptors (Lipinski definition) is 3. The Bertz CT molecular complexity index is 911. The van der Waals surface area contributed by atoms with Gasteiger partial charge in [-0.15, -0.1) is 0 Å². The van der Waals surface area contributed by atoms with E-state index in [1.165, 1.54) is 6.07 Å². The quantitative estimate of drug-likeness (QED) is 0.638. The topological polar surface area (TPSA) is 45.2 Å². The minimum Gasteiger partial charge on any atom is -0.366 e. The van der Waals surface area contributed by atoms with Gasteiger partial charge in [0, 0.05) is 30.9 Å². The van der Waals surface area contributed by atoms with Crippen LogP contribution in [0.5, 0.6) is 0 Å². The van der Waals surface area contributed by atoms with Crippen LogP contribution in [-0.4, -0.2) is 21.8 Å². The molecule has 1 aromatic heterocycles. The molecule has 0 aliphatic heterocycles. The lowest BCUT2D eigenvalue weighted by atomic mass is 10.1. The summed E-state index contributed by atoms with van der Waals surface area (Å²) in [6.07, 6.45) is 1.56. The molecule has 2 aromatic carbocycles. The summed E-state index contributed by atoms with van der Waals surface area (Å²) in [7, 11) is 0. The molecule has 0 bridgehead atoms. The van der Waals surface area contributed by atoms with Crippen molar-refractivity contribution in [2.75, 3.05) is 5.32 Å². The number of aromatic nitrogens is 1. The second kappa shape index (κ2) is 9.13. The highest BCUT2D eigenvalue weighted by atomic mass is 19.1. The van der Waals surface area contributed by atoms with Crippen LogP contribution < -0.4 is 5.32 Å². The molecule has 4 nitrogen and oxygen atoms in total. The number of carbonyl (C=O) groups is 1. The van der Waals surface area contributed by atoms with Gasteiger partial charge in [0.15, 0.2) is 0 Å². The average molecular weight is 377 g/mol. The van der Waals surface area contributed by atoms with Crippen molar-refractivity contribution in [3.63, 3.8) is 0 Å². The lowest BCUT2D eigenvalue weighted by Gasteiger charge is -2.27. The smallest absolute Gasteiger partial charge is 0.255 e. The third-order valence-corrected chi connectivity index (χ3v) is 4.51. The van der Waals surface area contributed by atoms with Crippen molar-refractivity contribution in [1.29, 1.82) is 0 Å². The molecule has 144 valence electrons. The number of rotatable bonds is 7. The molecule has 1 amide bonds. The van der Waals surface area contributed by atoms with Crippen molar-refractivity contribution in [3.05, 3.63) is 95.4 Å². The molecular formula is C23H24FN3O. The molecule has 0 fully saturated rings. The summed E-state index contributed by atoms with van der Waals surface area (Å²) in [6.45, 7) is 4.88. The average Bonchev–Trinajstić information content (AvgIpc) is 2.72. The standard InChI is InChI=1S/C23H24FN3O/c1-17(2)27(16-18-8-4-3-5-9-18)23(28)20-12-13-22(26-15-20)25-14-19-10-6-7-11-21(19)24/h3-13,15,17H,14,16H2,1-2H3,(H,25,26). The summed E-state index contributed by atoms with van der Waals surface area (Å²) in [5.74, 6) is 0.279. The van der Waals surface area contributed by atoms with E-state index in [2.05, 4.69) is 10.3 Å². The zero-order valence-electron chi connectivity index (χ0n) is 16.1. The highest BCUT2D eigenvalue weighted by Crippen LogP contribution is 2.15. The number of carbonyl (C=O) groups excluding carboxylic acids is 1. The number of hydrogen-bond donors (Lipinski definition) is 1. The third kappa shape index (κ3) is 4.94. The van der Waals surface area contributed by atoms with Crippen molar-refractivity contribution < 1.29 is 9.18 Å². The van der Waals surface area contributed by atoms with Crippen LogP contribution in [0.1, 0.15) is 35.3 Å². The van der Waals surface area contributed by atoms with E-state index in [0.717, 1.165) is 5.56 Å². The summed E-state index contributed by atoms with van der Waals surface area (Å²) in [4.78, 5) is 19.1. The van der Waals surface area contributed by atoms with Gasteiger partial charge in [0.2, 0.25) is 0 Å². The fourth-order valence-corrected chi connectivity index (χ4v) is 2.89. The van der Waals surface area contributed by atoms with Crippen LogP contribution in [0, 0.1) is 5.82 Å². The molecule has 3 aromatic rings. The van der Waals surface area contributed by atoms with Gasteiger partial charge < -0.3 is 10.2 Å². The second-order valence-electron chi connectivity index (χ2n) is 6.89. The molecular weight excluding hydrogens is 353 g/mol. The number of halogens is 1. The second-order valence-corrected chi connectivity index (χ2v) is 6.89. The number of nitrogens with one attached hydrogen (secondary N) is 1. The summed E-state index contributed by atoms with van der Waals surface area (Å²) >= 11 is 0. The molecule has 0 aliphatic rings. The van der Waals surface area contributed by atoms with E-state index in [4.69, 9.17) is 0 Å². The van der Waals surface area contributed by atoms with Crippen LogP contribution in [0.2, 0.25) is 0 Å². The Morgan fingerprint density at radius 2 is 1.75 bits per heavy atom. The van der Waals surface area contributed by atoms with Gasteiger partial charge in [0.25, 0.3) is 5.91 Å². The Kier molecular flexibility index (Phi) is 6.37. The number of anilines is 1. The van der Waals surface area contributed by atoms with Gasteiger partial charge in [0.05, 0.1) is 5.56 Å². The first-order valence-corrected chi connectivity index (χ1v) is 9.33. The van der Waals surface area contributed by atoms with Crippen LogP contribution in [0.4, 0.5) is 10.2 Å². The molecule has 28 heavy (non-hydrogen) atoms. The van der Waals surface area contributed by atoms with E-state index < -0.39 is 0 Å². The summed E-state index contributed by atoms with van der Waals surface area (Å²) in [5.41, 5.74) is 2.18. The third-order valence-electron chi connectivity index (χ3n) is 4.51. The highest BCUT2D eigenvalue weighted by molar-refractivity contribution is 5.94. The molecule has 0 spiro atoms. The Balaban J connectivity index is 1.67. The van der Waals surface area contributed by atoms with Gasteiger partial charge in [-0.05, 0) is 37.6 Å². The summed E-state index contributed by atoms with van der Waals surface area (Å²) in [6, 6.07) is 20.1. The molecule has 3 rings (SSSR count). The maximum Gasteiger partial charge on any atom is 0.255 e. The Labute approximate surface area is 165 Å². The molecule has 5 heteroatoms. The van der Waals surface area contributed by atoms with E-state index in [0.29, 0.717) is 30.0 Å². The van der Waals surface area contributed by atoms with Crippen LogP contribution in [0.15, 0.2) is 72.9 Å². The maximum absolute atomic E-state index is 13.7. The Hall–Kier alpha value is -3.21. The van der Waals surface area contributed by atoms with E-state index in [-0.39, 0.29) is 17.8 Å². The zero-order chi connectivity index (χ0) is 19.9. The predicted octanol–water partition coefficient (Wildman–Crippen LogP) is 4.88. The molecule has 0 unspecified atom stereocenters. The number of benzene rings is 2. The van der Waals surface area contributed by atoms with Gasteiger partial charge in [-0.3, -0.25) is 4.79 Å². The molecule has 0 atom stereocenters. The van der Waals surface area contributed by atoms with Crippen molar-refractivity contribution in [1.82, 2.24) is 9.88 Å². The summed E-state index contributed by atoms with van der Waals surface area (Å²) < 4.78 is 13.7. The van der Waals surface area contributed by atoms with Crippen molar-refractivity contribution >= 4 is 11.7 Å². The Morgan fingerprint density at radius 3 is 2.39 bits per heavy atom. The molecule has 0 radical (unpaired) electrons. The van der Waals surface area contributed by atoms with Gasteiger partial charge in [-0.25, -0.2) is 9.37 Å². The molecule has 1 heterocycles. The summed E-state index contributed by atoms with van der Waals surface area (Å²) in [5, 5.41) is 3.08. The number of nitrogens with zero attached hydrogens (tertiary/aromatic N) is 2. The fraction of sp³-hybridized carbons (Fsp3) is 0.217. The number of pyridine rings is 1. The Morgan fingerprint density at radius 1 is 1.04 bits per heavy atom. The van der Waals surface area contributed by atoms with Crippen LogP contribution >= 0.6 is 0 Å². The van der Waals surface area contributed by atoms with Gasteiger partial charge >= 0.3 is 0 Å². The van der Waals surface area contributed by atoms with Gasteiger partial charge in [-0.2, -0.15) is 0 Å². The van der Waals surface area contributed by atoms with E-state index in [1.807, 2.05) is 49.1 Å². The SMILES string of the molecule is CC(C)N(Cc1ccccc1)C(=O)c1ccc(NCc2ccccc2F)nc1.